The molecule has 1 aromatic rings. The molecule has 2 fully saturated rings. The Bertz CT molecular complexity index is 551. The summed E-state index contributed by atoms with van der Waals surface area (Å²) in [4.78, 5) is 15.5. The van der Waals surface area contributed by atoms with E-state index in [1.807, 2.05) is 23.3 Å². The van der Waals surface area contributed by atoms with Crippen LogP contribution < -0.4 is 4.74 Å². The van der Waals surface area contributed by atoms with Gasteiger partial charge in [0.15, 0.2) is 0 Å². The maximum atomic E-state index is 12.8. The van der Waals surface area contributed by atoms with Gasteiger partial charge in [0.1, 0.15) is 10.6 Å². The summed E-state index contributed by atoms with van der Waals surface area (Å²) < 4.78 is 17.0. The van der Waals surface area contributed by atoms with E-state index in [0.29, 0.717) is 18.3 Å². The lowest BCUT2D eigenvalue weighted by Gasteiger charge is -2.42. The zero-order valence-corrected chi connectivity index (χ0v) is 15.4. The molecular weight excluding hydrogens is 326 g/mol. The van der Waals surface area contributed by atoms with Gasteiger partial charge in [-0.1, -0.05) is 0 Å². The molecule has 3 heterocycles. The SMILES string of the molecule is CCOc1ccsc1C(=O)N1CCC2(CC1)OCC[C@@H]2CCOC. The van der Waals surface area contributed by atoms with Gasteiger partial charge >= 0.3 is 0 Å². The molecule has 2 aliphatic rings. The second kappa shape index (κ2) is 7.85. The molecule has 0 aliphatic carbocycles. The number of rotatable bonds is 6. The van der Waals surface area contributed by atoms with Crippen LogP contribution in [-0.2, 0) is 9.47 Å². The van der Waals surface area contributed by atoms with Crippen LogP contribution in [0, 0.1) is 5.92 Å². The first-order chi connectivity index (χ1) is 11.7. The molecule has 3 rings (SSSR count). The zero-order chi connectivity index (χ0) is 17.0. The number of carbonyl (C=O) groups excluding carboxylic acids is 1. The van der Waals surface area contributed by atoms with Crippen molar-refractivity contribution in [2.24, 2.45) is 5.92 Å². The lowest BCUT2D eigenvalue weighted by molar-refractivity contribution is -0.0661. The van der Waals surface area contributed by atoms with Crippen LogP contribution in [0.15, 0.2) is 11.4 Å². The Kier molecular flexibility index (Phi) is 5.79. The highest BCUT2D eigenvalue weighted by molar-refractivity contribution is 7.12. The lowest BCUT2D eigenvalue weighted by Crippen LogP contribution is -2.49. The second-order valence-corrected chi connectivity index (χ2v) is 7.44. The van der Waals surface area contributed by atoms with E-state index in [1.54, 1.807) is 7.11 Å². The molecule has 6 heteroatoms. The fraction of sp³-hybridized carbons (Fsp3) is 0.722. The van der Waals surface area contributed by atoms with E-state index in [2.05, 4.69) is 0 Å². The monoisotopic (exact) mass is 353 g/mol. The second-order valence-electron chi connectivity index (χ2n) is 6.52. The Labute approximate surface area is 147 Å². The van der Waals surface area contributed by atoms with Crippen molar-refractivity contribution in [3.63, 3.8) is 0 Å². The van der Waals surface area contributed by atoms with Crippen molar-refractivity contribution in [2.45, 2.75) is 38.2 Å². The topological polar surface area (TPSA) is 48.0 Å². The van der Waals surface area contributed by atoms with Gasteiger partial charge in [0.05, 0.1) is 12.2 Å². The molecule has 0 aromatic carbocycles. The van der Waals surface area contributed by atoms with Gasteiger partial charge in [-0.3, -0.25) is 4.79 Å². The van der Waals surface area contributed by atoms with E-state index in [0.717, 1.165) is 56.9 Å². The van der Waals surface area contributed by atoms with E-state index in [-0.39, 0.29) is 11.5 Å². The number of likely N-dealkylation sites (tertiary alicyclic amines) is 1. The first-order valence-corrected chi connectivity index (χ1v) is 9.70. The fourth-order valence-corrected chi connectivity index (χ4v) is 4.76. The predicted octanol–water partition coefficient (Wildman–Crippen LogP) is 3.19. The summed E-state index contributed by atoms with van der Waals surface area (Å²) in [6, 6.07) is 1.88. The Balaban J connectivity index is 1.62. The van der Waals surface area contributed by atoms with Crippen molar-refractivity contribution < 1.29 is 19.0 Å². The molecule has 134 valence electrons. The van der Waals surface area contributed by atoms with Crippen molar-refractivity contribution in [1.82, 2.24) is 4.90 Å². The molecule has 1 spiro atoms. The molecule has 24 heavy (non-hydrogen) atoms. The quantitative estimate of drug-likeness (QED) is 0.788. The highest BCUT2D eigenvalue weighted by atomic mass is 32.1. The van der Waals surface area contributed by atoms with Gasteiger partial charge in [0.2, 0.25) is 0 Å². The highest BCUT2D eigenvalue weighted by Gasteiger charge is 2.46. The summed E-state index contributed by atoms with van der Waals surface area (Å²) >= 11 is 1.46. The molecule has 2 aliphatic heterocycles. The van der Waals surface area contributed by atoms with Gasteiger partial charge in [-0.15, -0.1) is 11.3 Å². The average Bonchev–Trinajstić information content (AvgIpc) is 3.21. The molecule has 1 atom stereocenters. The fourth-order valence-electron chi connectivity index (χ4n) is 3.96. The number of thiophene rings is 1. The molecular formula is C18H27NO4S. The van der Waals surface area contributed by atoms with Crippen LogP contribution >= 0.6 is 11.3 Å². The van der Waals surface area contributed by atoms with Gasteiger partial charge in [-0.2, -0.15) is 0 Å². The summed E-state index contributed by atoms with van der Waals surface area (Å²) in [5.74, 6) is 1.35. The van der Waals surface area contributed by atoms with Crippen LogP contribution in [0.2, 0.25) is 0 Å². The third-order valence-electron chi connectivity index (χ3n) is 5.29. The highest BCUT2D eigenvalue weighted by Crippen LogP contribution is 2.42. The van der Waals surface area contributed by atoms with Crippen molar-refractivity contribution in [1.29, 1.82) is 0 Å². The summed E-state index contributed by atoms with van der Waals surface area (Å²) in [7, 11) is 1.75. The first kappa shape index (κ1) is 17.7. The Morgan fingerprint density at radius 1 is 1.46 bits per heavy atom. The van der Waals surface area contributed by atoms with E-state index in [4.69, 9.17) is 14.2 Å². The Hall–Kier alpha value is -1.11. The normalized spacial score (nSPS) is 22.9. The van der Waals surface area contributed by atoms with Crippen LogP contribution in [0.5, 0.6) is 5.75 Å². The number of methoxy groups -OCH3 is 1. The third kappa shape index (κ3) is 3.46. The van der Waals surface area contributed by atoms with Crippen molar-refractivity contribution in [3.05, 3.63) is 16.3 Å². The number of hydrogen-bond acceptors (Lipinski definition) is 5. The molecule has 2 saturated heterocycles. The summed E-state index contributed by atoms with van der Waals surface area (Å²) in [6.07, 6.45) is 3.99. The number of ether oxygens (including phenoxy) is 3. The molecule has 0 saturated carbocycles. The van der Waals surface area contributed by atoms with Gasteiger partial charge in [0, 0.05) is 33.4 Å². The van der Waals surface area contributed by atoms with Crippen molar-refractivity contribution in [3.8, 4) is 5.75 Å². The minimum atomic E-state index is -0.0481. The maximum absolute atomic E-state index is 12.8. The van der Waals surface area contributed by atoms with Crippen molar-refractivity contribution >= 4 is 17.2 Å². The number of carbonyl (C=O) groups is 1. The van der Waals surface area contributed by atoms with Gasteiger partial charge in [-0.05, 0) is 50.0 Å². The van der Waals surface area contributed by atoms with Crippen LogP contribution in [0.1, 0.15) is 42.3 Å². The standard InChI is InChI=1S/C18H27NO4S/c1-3-22-15-6-13-24-16(15)17(20)19-9-7-18(8-10-19)14(4-11-21-2)5-12-23-18/h6,13-14H,3-5,7-12H2,1-2H3/t14-/m0/s1. The summed E-state index contributed by atoms with van der Waals surface area (Å²) in [5, 5.41) is 1.92. The molecule has 0 bridgehead atoms. The van der Waals surface area contributed by atoms with Crippen LogP contribution in [0.25, 0.3) is 0 Å². The minimum Gasteiger partial charge on any atom is -0.492 e. The minimum absolute atomic E-state index is 0.0481. The average molecular weight is 353 g/mol. The molecule has 0 radical (unpaired) electrons. The van der Waals surface area contributed by atoms with E-state index < -0.39 is 0 Å². The van der Waals surface area contributed by atoms with E-state index in [1.165, 1.54) is 11.3 Å². The summed E-state index contributed by atoms with van der Waals surface area (Å²) in [6.45, 7) is 5.65. The Morgan fingerprint density at radius 2 is 2.25 bits per heavy atom. The smallest absolute Gasteiger partial charge is 0.267 e. The van der Waals surface area contributed by atoms with E-state index >= 15 is 0 Å². The molecule has 5 nitrogen and oxygen atoms in total. The van der Waals surface area contributed by atoms with Crippen LogP contribution in [-0.4, -0.2) is 56.4 Å². The number of hydrogen-bond donors (Lipinski definition) is 0. The van der Waals surface area contributed by atoms with Crippen molar-refractivity contribution in [2.75, 3.05) is 40.0 Å². The number of nitrogens with zero attached hydrogens (tertiary/aromatic N) is 1. The molecule has 1 amide bonds. The first-order valence-electron chi connectivity index (χ1n) is 8.82. The zero-order valence-electron chi connectivity index (χ0n) is 14.6. The van der Waals surface area contributed by atoms with E-state index in [9.17, 15) is 4.79 Å². The largest absolute Gasteiger partial charge is 0.492 e. The van der Waals surface area contributed by atoms with Gasteiger partial charge in [0.25, 0.3) is 5.91 Å². The van der Waals surface area contributed by atoms with Crippen LogP contribution in [0.3, 0.4) is 0 Å². The van der Waals surface area contributed by atoms with Gasteiger partial charge < -0.3 is 19.1 Å². The molecule has 0 N–H and O–H groups in total. The lowest BCUT2D eigenvalue weighted by atomic mass is 9.78. The van der Waals surface area contributed by atoms with Gasteiger partial charge in [-0.25, -0.2) is 0 Å². The van der Waals surface area contributed by atoms with Crippen LogP contribution in [0.4, 0.5) is 0 Å². The molecule has 0 unspecified atom stereocenters. The summed E-state index contributed by atoms with van der Waals surface area (Å²) in [5.41, 5.74) is -0.0481. The number of piperidine rings is 1. The third-order valence-corrected chi connectivity index (χ3v) is 6.17. The number of amides is 1. The molecule has 1 aromatic heterocycles. The maximum Gasteiger partial charge on any atom is 0.267 e. The predicted molar refractivity (Wildman–Crippen MR) is 93.9 cm³/mol. The Morgan fingerprint density at radius 3 is 2.96 bits per heavy atom.